The van der Waals surface area contributed by atoms with E-state index in [1.807, 2.05) is 0 Å². The third kappa shape index (κ3) is 4.99. The van der Waals surface area contributed by atoms with Crippen LogP contribution >= 0.6 is 0 Å². The molecule has 5 rings (SSSR count). The summed E-state index contributed by atoms with van der Waals surface area (Å²) in [6.07, 6.45) is 2.99. The number of aliphatic hydroxyl groups is 2. The van der Waals surface area contributed by atoms with E-state index < -0.39 is 54.5 Å². The SMILES string of the molecule is CO[C@@H]1[C@@H](n2cc(-c3cc(F)c(F)c(F)c3)nn2)[C@@H](O)[C@@H](CO)O[C@@H]1CC1=NOC2(CCC(C)CC2)C1. The number of ether oxygens (including phenoxy) is 2. The number of aliphatic hydroxyl groups excluding tert-OH is 2. The summed E-state index contributed by atoms with van der Waals surface area (Å²) in [6, 6.07) is 0.797. The molecule has 2 N–H and O–H groups in total. The third-order valence-corrected chi connectivity index (χ3v) is 7.85. The molecule has 0 radical (unpaired) electrons. The van der Waals surface area contributed by atoms with Crippen molar-refractivity contribution in [2.75, 3.05) is 13.7 Å². The first kappa shape index (κ1) is 26.1. The smallest absolute Gasteiger partial charge is 0.194 e. The number of hydrogen-bond donors (Lipinski definition) is 2. The summed E-state index contributed by atoms with van der Waals surface area (Å²) in [5.74, 6) is -3.61. The Bertz CT molecular complexity index is 1130. The normalized spacial score (nSPS) is 34.0. The molecule has 202 valence electrons. The Balaban J connectivity index is 1.37. The van der Waals surface area contributed by atoms with Crippen molar-refractivity contribution in [3.63, 3.8) is 0 Å². The van der Waals surface area contributed by atoms with Crippen LogP contribution in [0, 0.1) is 23.4 Å². The van der Waals surface area contributed by atoms with Gasteiger partial charge in [0, 0.05) is 25.5 Å². The fourth-order valence-corrected chi connectivity index (χ4v) is 5.68. The zero-order valence-corrected chi connectivity index (χ0v) is 20.7. The lowest BCUT2D eigenvalue weighted by Gasteiger charge is -2.43. The summed E-state index contributed by atoms with van der Waals surface area (Å²) in [7, 11) is 1.47. The van der Waals surface area contributed by atoms with Crippen molar-refractivity contribution >= 4 is 5.71 Å². The Morgan fingerprint density at radius 2 is 1.86 bits per heavy atom. The van der Waals surface area contributed by atoms with Crippen molar-refractivity contribution in [1.82, 2.24) is 15.0 Å². The molecule has 2 aliphatic heterocycles. The van der Waals surface area contributed by atoms with Gasteiger partial charge >= 0.3 is 0 Å². The molecule has 1 saturated heterocycles. The highest BCUT2D eigenvalue weighted by Crippen LogP contribution is 2.42. The van der Waals surface area contributed by atoms with Gasteiger partial charge in [0.2, 0.25) is 0 Å². The molecule has 1 saturated carbocycles. The fourth-order valence-electron chi connectivity index (χ4n) is 5.68. The molecular formula is C25H31F3N4O5. The average molecular weight is 525 g/mol. The quantitative estimate of drug-likeness (QED) is 0.559. The molecule has 3 aliphatic rings. The third-order valence-electron chi connectivity index (χ3n) is 7.85. The zero-order chi connectivity index (χ0) is 26.3. The number of benzene rings is 1. The second-order valence-corrected chi connectivity index (χ2v) is 10.4. The van der Waals surface area contributed by atoms with Crippen molar-refractivity contribution in [1.29, 1.82) is 0 Å². The van der Waals surface area contributed by atoms with E-state index in [4.69, 9.17) is 14.3 Å². The molecule has 2 fully saturated rings. The van der Waals surface area contributed by atoms with E-state index in [2.05, 4.69) is 22.4 Å². The first-order chi connectivity index (χ1) is 17.7. The largest absolute Gasteiger partial charge is 0.394 e. The lowest BCUT2D eigenvalue weighted by atomic mass is 9.76. The van der Waals surface area contributed by atoms with E-state index in [1.165, 1.54) is 18.0 Å². The Hall–Kier alpha value is -2.54. The maximum atomic E-state index is 13.8. The summed E-state index contributed by atoms with van der Waals surface area (Å²) in [6.45, 7) is 1.78. The molecular weight excluding hydrogens is 493 g/mol. The van der Waals surface area contributed by atoms with Crippen LogP contribution in [0.1, 0.15) is 51.5 Å². The van der Waals surface area contributed by atoms with Crippen LogP contribution in [0.3, 0.4) is 0 Å². The predicted molar refractivity (Wildman–Crippen MR) is 125 cm³/mol. The van der Waals surface area contributed by atoms with Gasteiger partial charge in [0.25, 0.3) is 0 Å². The molecule has 9 nitrogen and oxygen atoms in total. The monoisotopic (exact) mass is 524 g/mol. The second kappa shape index (κ2) is 10.3. The van der Waals surface area contributed by atoms with Crippen molar-refractivity contribution < 1.29 is 37.7 Å². The maximum Gasteiger partial charge on any atom is 0.194 e. The number of methoxy groups -OCH3 is 1. The van der Waals surface area contributed by atoms with Gasteiger partial charge in [-0.15, -0.1) is 5.10 Å². The Morgan fingerprint density at radius 1 is 1.16 bits per heavy atom. The van der Waals surface area contributed by atoms with Gasteiger partial charge in [0.1, 0.15) is 35.6 Å². The van der Waals surface area contributed by atoms with Crippen LogP contribution < -0.4 is 0 Å². The van der Waals surface area contributed by atoms with Gasteiger partial charge in [-0.3, -0.25) is 0 Å². The van der Waals surface area contributed by atoms with E-state index in [1.54, 1.807) is 0 Å². The Morgan fingerprint density at radius 3 is 2.51 bits per heavy atom. The molecule has 0 unspecified atom stereocenters. The van der Waals surface area contributed by atoms with Crippen molar-refractivity contribution in [3.05, 3.63) is 35.8 Å². The minimum absolute atomic E-state index is 0.0158. The highest BCUT2D eigenvalue weighted by Gasteiger charge is 2.49. The summed E-state index contributed by atoms with van der Waals surface area (Å²) in [5.41, 5.74) is 0.600. The van der Waals surface area contributed by atoms with Gasteiger partial charge in [-0.25, -0.2) is 17.9 Å². The number of aromatic nitrogens is 3. The zero-order valence-electron chi connectivity index (χ0n) is 20.7. The molecule has 37 heavy (non-hydrogen) atoms. The minimum Gasteiger partial charge on any atom is -0.394 e. The standard InChI is InChI=1S/C25H31F3N4O5/c1-13-3-5-25(6-4-13)10-15(30-37-25)9-19-24(35-2)22(23(34)20(12-33)36-19)32-11-18(29-31-32)14-7-16(26)21(28)17(27)8-14/h7-8,11,13,19-20,22-24,33-34H,3-6,9-10,12H2,1-2H3/t13?,19-,20-,22+,23+,24+,25?/m1/s1. The van der Waals surface area contributed by atoms with E-state index in [0.29, 0.717) is 18.8 Å². The maximum absolute atomic E-state index is 13.8. The Labute approximate surface area is 212 Å². The highest BCUT2D eigenvalue weighted by molar-refractivity contribution is 5.86. The van der Waals surface area contributed by atoms with Crippen LogP contribution in [-0.4, -0.2) is 74.7 Å². The molecule has 1 aromatic carbocycles. The van der Waals surface area contributed by atoms with Gasteiger partial charge in [-0.05, 0) is 43.7 Å². The fraction of sp³-hybridized carbons (Fsp3) is 0.640. The van der Waals surface area contributed by atoms with E-state index in [0.717, 1.165) is 43.5 Å². The summed E-state index contributed by atoms with van der Waals surface area (Å²) in [5, 5.41) is 33.3. The van der Waals surface area contributed by atoms with Crippen LogP contribution in [-0.2, 0) is 14.3 Å². The van der Waals surface area contributed by atoms with Crippen LogP contribution in [0.2, 0.25) is 0 Å². The highest BCUT2D eigenvalue weighted by atomic mass is 19.2. The number of halogens is 3. The molecule has 0 amide bonds. The van der Waals surface area contributed by atoms with Gasteiger partial charge in [0.05, 0.1) is 24.6 Å². The number of nitrogens with zero attached hydrogens (tertiary/aromatic N) is 4. The van der Waals surface area contributed by atoms with Gasteiger partial charge in [-0.2, -0.15) is 0 Å². The van der Waals surface area contributed by atoms with Gasteiger partial charge in [-0.1, -0.05) is 17.3 Å². The lowest BCUT2D eigenvalue weighted by molar-refractivity contribution is -0.210. The molecule has 5 atom stereocenters. The number of oxime groups is 1. The topological polar surface area (TPSA) is 111 Å². The molecule has 1 aliphatic carbocycles. The lowest BCUT2D eigenvalue weighted by Crippen LogP contribution is -2.57. The van der Waals surface area contributed by atoms with Crippen LogP contribution in [0.25, 0.3) is 11.3 Å². The van der Waals surface area contributed by atoms with Crippen LogP contribution in [0.15, 0.2) is 23.5 Å². The first-order valence-electron chi connectivity index (χ1n) is 12.5. The average Bonchev–Trinajstić information content (AvgIpc) is 3.52. The van der Waals surface area contributed by atoms with Crippen molar-refractivity contribution in [3.8, 4) is 11.3 Å². The first-order valence-corrected chi connectivity index (χ1v) is 12.5. The van der Waals surface area contributed by atoms with Crippen LogP contribution in [0.4, 0.5) is 13.2 Å². The molecule has 2 aromatic rings. The van der Waals surface area contributed by atoms with Gasteiger partial charge < -0.3 is 24.5 Å². The van der Waals surface area contributed by atoms with E-state index >= 15 is 0 Å². The molecule has 12 heteroatoms. The van der Waals surface area contributed by atoms with Crippen molar-refractivity contribution in [2.24, 2.45) is 11.1 Å². The van der Waals surface area contributed by atoms with Crippen molar-refractivity contribution in [2.45, 2.75) is 81.5 Å². The van der Waals surface area contributed by atoms with E-state index in [9.17, 15) is 23.4 Å². The number of hydrogen-bond acceptors (Lipinski definition) is 8. The van der Waals surface area contributed by atoms with Gasteiger partial charge in [0.15, 0.2) is 17.5 Å². The molecule has 1 spiro atoms. The summed E-state index contributed by atoms with van der Waals surface area (Å²) < 4.78 is 54.0. The minimum atomic E-state index is -1.58. The predicted octanol–water partition coefficient (Wildman–Crippen LogP) is 3.15. The summed E-state index contributed by atoms with van der Waals surface area (Å²) in [4.78, 5) is 5.90. The van der Waals surface area contributed by atoms with Crippen LogP contribution in [0.5, 0.6) is 0 Å². The summed E-state index contributed by atoms with van der Waals surface area (Å²) >= 11 is 0. The molecule has 3 heterocycles. The molecule has 1 aromatic heterocycles. The second-order valence-electron chi connectivity index (χ2n) is 10.4. The molecule has 0 bridgehead atoms. The number of rotatable bonds is 6. The van der Waals surface area contributed by atoms with E-state index in [-0.39, 0.29) is 16.9 Å². The Kier molecular flexibility index (Phi) is 7.27.